The highest BCUT2D eigenvalue weighted by Crippen LogP contribution is 2.26. The molecular weight excluding hydrogens is 267 g/mol. The minimum Gasteiger partial charge on any atom is -0.485 e. The third kappa shape index (κ3) is 3.41. The monoisotopic (exact) mass is 280 g/mol. The highest BCUT2D eigenvalue weighted by atomic mass is 32.1. The molecule has 0 unspecified atom stereocenters. The van der Waals surface area contributed by atoms with Crippen LogP contribution < -0.4 is 15.8 Å². The summed E-state index contributed by atoms with van der Waals surface area (Å²) in [6, 6.07) is 5.94. The van der Waals surface area contributed by atoms with E-state index in [2.05, 4.69) is 10.4 Å². The van der Waals surface area contributed by atoms with Crippen LogP contribution in [0.1, 0.15) is 5.69 Å². The Morgan fingerprint density at radius 3 is 2.95 bits per heavy atom. The van der Waals surface area contributed by atoms with Gasteiger partial charge in [-0.2, -0.15) is 5.10 Å². The molecule has 0 aliphatic heterocycles. The molecule has 0 aliphatic carbocycles. The van der Waals surface area contributed by atoms with Gasteiger partial charge in [0.05, 0.1) is 11.4 Å². The topological polar surface area (TPSA) is 65.1 Å². The summed E-state index contributed by atoms with van der Waals surface area (Å²) < 4.78 is 20.5. The summed E-state index contributed by atoms with van der Waals surface area (Å²) in [7, 11) is 1.82. The van der Waals surface area contributed by atoms with Crippen LogP contribution in [-0.2, 0) is 13.7 Å². The van der Waals surface area contributed by atoms with Crippen molar-refractivity contribution in [3.8, 4) is 5.75 Å². The SMILES string of the molecule is Cn1nccc1COc1ccc(F)cc1NC(N)=S. The maximum absolute atomic E-state index is 13.2. The number of nitrogens with zero attached hydrogens (tertiary/aromatic N) is 2. The number of ether oxygens (including phenoxy) is 1. The number of nitrogens with two attached hydrogens (primary N) is 1. The molecular formula is C12H13FN4OS. The van der Waals surface area contributed by atoms with Gasteiger partial charge in [-0.3, -0.25) is 4.68 Å². The fraction of sp³-hybridized carbons (Fsp3) is 0.167. The number of benzene rings is 1. The lowest BCUT2D eigenvalue weighted by Crippen LogP contribution is -2.19. The first-order valence-corrected chi connectivity index (χ1v) is 5.93. The molecule has 100 valence electrons. The van der Waals surface area contributed by atoms with Crippen LogP contribution in [0.2, 0.25) is 0 Å². The van der Waals surface area contributed by atoms with Gasteiger partial charge in [-0.1, -0.05) is 0 Å². The van der Waals surface area contributed by atoms with E-state index in [4.69, 9.17) is 22.7 Å². The third-order valence-corrected chi connectivity index (χ3v) is 2.60. The number of aromatic nitrogens is 2. The van der Waals surface area contributed by atoms with E-state index < -0.39 is 5.82 Å². The average Bonchev–Trinajstić information content (AvgIpc) is 2.73. The molecule has 0 atom stereocenters. The van der Waals surface area contributed by atoms with E-state index in [1.54, 1.807) is 10.9 Å². The maximum Gasteiger partial charge on any atom is 0.168 e. The molecule has 0 radical (unpaired) electrons. The summed E-state index contributed by atoms with van der Waals surface area (Å²) in [5.41, 5.74) is 6.68. The molecule has 0 saturated heterocycles. The second-order valence-corrected chi connectivity index (χ2v) is 4.30. The van der Waals surface area contributed by atoms with E-state index in [9.17, 15) is 4.39 Å². The van der Waals surface area contributed by atoms with Crippen molar-refractivity contribution in [2.45, 2.75) is 6.61 Å². The molecule has 0 spiro atoms. The van der Waals surface area contributed by atoms with Crippen LogP contribution >= 0.6 is 12.2 Å². The first kappa shape index (κ1) is 13.3. The van der Waals surface area contributed by atoms with Crippen molar-refractivity contribution >= 4 is 23.0 Å². The Balaban J connectivity index is 2.15. The van der Waals surface area contributed by atoms with Gasteiger partial charge in [0.15, 0.2) is 5.11 Å². The molecule has 7 heteroatoms. The molecule has 0 bridgehead atoms. The summed E-state index contributed by atoms with van der Waals surface area (Å²) in [4.78, 5) is 0. The number of hydrogen-bond donors (Lipinski definition) is 2. The van der Waals surface area contributed by atoms with Crippen LogP contribution in [0.5, 0.6) is 5.75 Å². The van der Waals surface area contributed by atoms with Crippen LogP contribution in [0.4, 0.5) is 10.1 Å². The van der Waals surface area contributed by atoms with E-state index in [-0.39, 0.29) is 5.11 Å². The minimum atomic E-state index is -0.397. The zero-order valence-corrected chi connectivity index (χ0v) is 11.1. The first-order chi connectivity index (χ1) is 9.06. The van der Waals surface area contributed by atoms with Crippen LogP contribution in [-0.4, -0.2) is 14.9 Å². The van der Waals surface area contributed by atoms with Crippen molar-refractivity contribution in [1.29, 1.82) is 0 Å². The summed E-state index contributed by atoms with van der Waals surface area (Å²) in [5.74, 6) is 0.0713. The number of rotatable bonds is 4. The normalized spacial score (nSPS) is 10.2. The van der Waals surface area contributed by atoms with Crippen molar-refractivity contribution in [1.82, 2.24) is 9.78 Å². The number of halogens is 1. The Morgan fingerprint density at radius 1 is 1.53 bits per heavy atom. The van der Waals surface area contributed by atoms with E-state index >= 15 is 0 Å². The minimum absolute atomic E-state index is 0.0518. The molecule has 0 amide bonds. The molecule has 2 aromatic rings. The lowest BCUT2D eigenvalue weighted by molar-refractivity contribution is 0.296. The highest BCUT2D eigenvalue weighted by Gasteiger charge is 2.07. The first-order valence-electron chi connectivity index (χ1n) is 5.52. The molecule has 0 fully saturated rings. The van der Waals surface area contributed by atoms with Crippen LogP contribution in [0.25, 0.3) is 0 Å². The van der Waals surface area contributed by atoms with E-state index in [1.165, 1.54) is 18.2 Å². The summed E-state index contributed by atoms with van der Waals surface area (Å²) in [6.45, 7) is 0.314. The van der Waals surface area contributed by atoms with Gasteiger partial charge in [0.1, 0.15) is 18.2 Å². The van der Waals surface area contributed by atoms with Crippen LogP contribution in [0.3, 0.4) is 0 Å². The Kier molecular flexibility index (Phi) is 3.96. The molecule has 1 heterocycles. The Bertz CT molecular complexity index is 599. The zero-order valence-electron chi connectivity index (χ0n) is 10.3. The van der Waals surface area contributed by atoms with Crippen molar-refractivity contribution < 1.29 is 9.13 Å². The highest BCUT2D eigenvalue weighted by molar-refractivity contribution is 7.80. The third-order valence-electron chi connectivity index (χ3n) is 2.50. The molecule has 2 rings (SSSR count). The summed E-state index contributed by atoms with van der Waals surface area (Å²) in [6.07, 6.45) is 1.68. The average molecular weight is 280 g/mol. The molecule has 1 aromatic carbocycles. The molecule has 1 aromatic heterocycles. The van der Waals surface area contributed by atoms with Crippen molar-refractivity contribution in [2.24, 2.45) is 12.8 Å². The van der Waals surface area contributed by atoms with Gasteiger partial charge in [0, 0.05) is 19.3 Å². The number of nitrogens with one attached hydrogen (secondary N) is 1. The quantitative estimate of drug-likeness (QED) is 0.836. The molecule has 19 heavy (non-hydrogen) atoms. The van der Waals surface area contributed by atoms with Gasteiger partial charge in [0.2, 0.25) is 0 Å². The van der Waals surface area contributed by atoms with E-state index in [0.717, 1.165) is 5.69 Å². The van der Waals surface area contributed by atoms with E-state index in [0.29, 0.717) is 18.0 Å². The molecule has 3 N–H and O–H groups in total. The van der Waals surface area contributed by atoms with Crippen LogP contribution in [0.15, 0.2) is 30.5 Å². The fourth-order valence-electron chi connectivity index (χ4n) is 1.55. The number of thiocarbonyl (C=S) groups is 1. The van der Waals surface area contributed by atoms with Crippen LogP contribution in [0, 0.1) is 5.82 Å². The number of aryl methyl sites for hydroxylation is 1. The molecule has 0 aliphatic rings. The van der Waals surface area contributed by atoms with Gasteiger partial charge in [-0.15, -0.1) is 0 Å². The van der Waals surface area contributed by atoms with Gasteiger partial charge in [-0.25, -0.2) is 4.39 Å². The molecule has 0 saturated carbocycles. The number of hydrogen-bond acceptors (Lipinski definition) is 3. The van der Waals surface area contributed by atoms with E-state index in [1.807, 2.05) is 13.1 Å². The Hall–Kier alpha value is -2.15. The Morgan fingerprint density at radius 2 is 2.32 bits per heavy atom. The zero-order chi connectivity index (χ0) is 13.8. The maximum atomic E-state index is 13.2. The number of anilines is 1. The molecule has 5 nitrogen and oxygen atoms in total. The predicted octanol–water partition coefficient (Wildman–Crippen LogP) is 1.79. The van der Waals surface area contributed by atoms with Crippen molar-refractivity contribution in [3.63, 3.8) is 0 Å². The second-order valence-electron chi connectivity index (χ2n) is 3.86. The van der Waals surface area contributed by atoms with Gasteiger partial charge < -0.3 is 15.8 Å². The smallest absolute Gasteiger partial charge is 0.168 e. The largest absolute Gasteiger partial charge is 0.485 e. The second kappa shape index (κ2) is 5.66. The predicted molar refractivity (Wildman–Crippen MR) is 74.3 cm³/mol. The van der Waals surface area contributed by atoms with Crippen molar-refractivity contribution in [3.05, 3.63) is 42.0 Å². The lowest BCUT2D eigenvalue weighted by atomic mass is 10.3. The summed E-state index contributed by atoms with van der Waals surface area (Å²) in [5, 5.41) is 6.77. The van der Waals surface area contributed by atoms with Crippen molar-refractivity contribution in [2.75, 3.05) is 5.32 Å². The van der Waals surface area contributed by atoms with Gasteiger partial charge >= 0.3 is 0 Å². The van der Waals surface area contributed by atoms with Gasteiger partial charge in [-0.05, 0) is 30.4 Å². The lowest BCUT2D eigenvalue weighted by Gasteiger charge is -2.12. The van der Waals surface area contributed by atoms with Gasteiger partial charge in [0.25, 0.3) is 0 Å². The summed E-state index contributed by atoms with van der Waals surface area (Å²) >= 11 is 4.74. The Labute approximate surface area is 115 Å². The standard InChI is InChI=1S/C12H13FN4OS/c1-17-9(4-5-15-17)7-18-11-3-2-8(13)6-10(11)16-12(14)19/h2-6H,7H2,1H3,(H3,14,16,19). The fourth-order valence-corrected chi connectivity index (χ4v) is 1.66.